The molecular weight excluding hydrogens is 355 g/mol. The molecule has 1 aliphatic carbocycles. The summed E-state index contributed by atoms with van der Waals surface area (Å²) in [4.78, 5) is 29.8. The van der Waals surface area contributed by atoms with E-state index in [1.807, 2.05) is 0 Å². The van der Waals surface area contributed by atoms with E-state index in [1.165, 1.54) is 0 Å². The van der Waals surface area contributed by atoms with Gasteiger partial charge in [-0.15, -0.1) is 0 Å². The Kier molecular flexibility index (Phi) is 6.72. The van der Waals surface area contributed by atoms with Crippen LogP contribution in [0.2, 0.25) is 0 Å². The van der Waals surface area contributed by atoms with Gasteiger partial charge in [-0.05, 0) is 18.4 Å². The fourth-order valence-electron chi connectivity index (χ4n) is 2.98. The van der Waals surface area contributed by atoms with Crippen molar-refractivity contribution < 1.29 is 28.0 Å². The third-order valence-corrected chi connectivity index (χ3v) is 4.24. The Balaban J connectivity index is 1.98. The van der Waals surface area contributed by atoms with E-state index in [1.54, 1.807) is 0 Å². The highest BCUT2D eigenvalue weighted by Crippen LogP contribution is 2.31. The van der Waals surface area contributed by atoms with Crippen LogP contribution in [0.3, 0.4) is 0 Å². The fraction of sp³-hybridized carbons (Fsp3) is 0.600. The van der Waals surface area contributed by atoms with Gasteiger partial charge < -0.3 is 0 Å². The minimum Gasteiger partial charge on any atom is -0.286 e. The summed E-state index contributed by atoms with van der Waals surface area (Å²) in [6, 6.07) is 0.712. The minimum absolute atomic E-state index is 0.193. The van der Waals surface area contributed by atoms with E-state index < -0.39 is 29.6 Å². The maximum Gasteiger partial charge on any atom is 0.433 e. The number of hydroxylamine groups is 2. The van der Waals surface area contributed by atoms with Crippen LogP contribution in [0.5, 0.6) is 0 Å². The quantitative estimate of drug-likeness (QED) is 0.364. The molecule has 1 saturated carbocycles. The van der Waals surface area contributed by atoms with Gasteiger partial charge in [0, 0.05) is 6.20 Å². The molecule has 1 heterocycles. The van der Waals surface area contributed by atoms with Gasteiger partial charge in [-0.1, -0.05) is 25.7 Å². The van der Waals surface area contributed by atoms with Crippen molar-refractivity contribution >= 4 is 18.3 Å². The molecule has 26 heavy (non-hydrogen) atoms. The minimum atomic E-state index is -4.63. The fourth-order valence-corrected chi connectivity index (χ4v) is 2.98. The lowest BCUT2D eigenvalue weighted by molar-refractivity contribution is -0.154. The molecule has 1 fully saturated rings. The Labute approximate surface area is 147 Å². The van der Waals surface area contributed by atoms with Gasteiger partial charge in [-0.2, -0.15) is 13.2 Å². The number of halogens is 3. The summed E-state index contributed by atoms with van der Waals surface area (Å²) in [5.74, 6) is -1.40. The average Bonchev–Trinajstić information content (AvgIpc) is 3.11. The third kappa shape index (κ3) is 5.83. The van der Waals surface area contributed by atoms with E-state index >= 15 is 0 Å². The summed E-state index contributed by atoms with van der Waals surface area (Å²) in [7, 11) is 0. The number of nitrogens with one attached hydrogen (secondary N) is 2. The monoisotopic (exact) mass is 375 g/mol. The summed E-state index contributed by atoms with van der Waals surface area (Å²) < 4.78 is 37.9. The zero-order valence-corrected chi connectivity index (χ0v) is 13.9. The van der Waals surface area contributed by atoms with Crippen LogP contribution in [0.15, 0.2) is 12.3 Å². The van der Waals surface area contributed by atoms with Crippen LogP contribution in [0.4, 0.5) is 19.1 Å². The first-order chi connectivity index (χ1) is 12.3. The van der Waals surface area contributed by atoms with E-state index in [4.69, 9.17) is 0 Å². The molecule has 1 atom stereocenters. The Morgan fingerprint density at radius 1 is 1.42 bits per heavy atom. The second-order valence-electron chi connectivity index (χ2n) is 6.19. The maximum atomic E-state index is 12.6. The summed E-state index contributed by atoms with van der Waals surface area (Å²) in [5.41, 5.74) is 3.35. The molecule has 0 aromatic carbocycles. The molecular formula is C15H20F3N5O3. The van der Waals surface area contributed by atoms with Gasteiger partial charge in [0.1, 0.15) is 5.69 Å². The van der Waals surface area contributed by atoms with E-state index in [0.717, 1.165) is 31.9 Å². The molecule has 0 radical (unpaired) electrons. The number of rotatable bonds is 8. The maximum absolute atomic E-state index is 12.6. The van der Waals surface area contributed by atoms with Crippen LogP contribution in [-0.2, 0) is 15.8 Å². The van der Waals surface area contributed by atoms with Gasteiger partial charge in [-0.25, -0.2) is 15.0 Å². The molecule has 0 aliphatic heterocycles. The SMILES string of the molecule is O=CN(O)C[C@H](CC1CCCC1)C(=O)NNc1nccc(C(F)(F)F)n1. The number of anilines is 1. The molecule has 144 valence electrons. The number of hydrogen-bond acceptors (Lipinski definition) is 6. The second kappa shape index (κ2) is 8.79. The molecule has 0 spiro atoms. The van der Waals surface area contributed by atoms with E-state index in [2.05, 4.69) is 20.8 Å². The number of carbonyl (C=O) groups excluding carboxylic acids is 2. The van der Waals surface area contributed by atoms with Crippen LogP contribution in [0, 0.1) is 11.8 Å². The Hall–Kier alpha value is -2.43. The topological polar surface area (TPSA) is 107 Å². The van der Waals surface area contributed by atoms with Crippen molar-refractivity contribution in [3.05, 3.63) is 18.0 Å². The largest absolute Gasteiger partial charge is 0.433 e. The van der Waals surface area contributed by atoms with Gasteiger partial charge in [0.05, 0.1) is 12.5 Å². The molecule has 0 unspecified atom stereocenters. The Morgan fingerprint density at radius 3 is 2.73 bits per heavy atom. The van der Waals surface area contributed by atoms with Crippen LogP contribution in [0.1, 0.15) is 37.8 Å². The van der Waals surface area contributed by atoms with Gasteiger partial charge in [0.25, 0.3) is 0 Å². The number of nitrogens with zero attached hydrogens (tertiary/aromatic N) is 3. The number of hydrogen-bond donors (Lipinski definition) is 3. The highest BCUT2D eigenvalue weighted by atomic mass is 19.4. The lowest BCUT2D eigenvalue weighted by Crippen LogP contribution is -2.41. The van der Waals surface area contributed by atoms with E-state index in [9.17, 15) is 28.0 Å². The normalized spacial score (nSPS) is 16.2. The van der Waals surface area contributed by atoms with E-state index in [0.29, 0.717) is 23.5 Å². The van der Waals surface area contributed by atoms with Crippen molar-refractivity contribution in [1.82, 2.24) is 20.5 Å². The highest BCUT2D eigenvalue weighted by Gasteiger charge is 2.33. The smallest absolute Gasteiger partial charge is 0.286 e. The van der Waals surface area contributed by atoms with Gasteiger partial charge in [-0.3, -0.25) is 25.6 Å². The summed E-state index contributed by atoms with van der Waals surface area (Å²) in [5, 5.41) is 9.75. The molecule has 2 amide bonds. The standard InChI is InChI=1S/C15H20F3N5O3/c16-15(17,18)12-5-6-19-14(20-12)22-21-13(25)11(8-23(26)9-24)7-10-3-1-2-4-10/h5-6,9-11,26H,1-4,7-8H2,(H,21,25)(H,19,20,22)/t11-/m0/s1. The van der Waals surface area contributed by atoms with Gasteiger partial charge >= 0.3 is 6.18 Å². The van der Waals surface area contributed by atoms with Crippen LogP contribution < -0.4 is 10.9 Å². The molecule has 0 saturated heterocycles. The first-order valence-electron chi connectivity index (χ1n) is 8.16. The van der Waals surface area contributed by atoms with Gasteiger partial charge in [0.15, 0.2) is 0 Å². The van der Waals surface area contributed by atoms with Crippen LogP contribution >= 0.6 is 0 Å². The lowest BCUT2D eigenvalue weighted by atomic mass is 9.92. The first kappa shape index (κ1) is 19.9. The molecule has 1 aromatic rings. The van der Waals surface area contributed by atoms with Crippen molar-refractivity contribution in [2.75, 3.05) is 12.0 Å². The molecule has 11 heteroatoms. The van der Waals surface area contributed by atoms with Crippen molar-refractivity contribution in [3.63, 3.8) is 0 Å². The lowest BCUT2D eigenvalue weighted by Gasteiger charge is -2.22. The van der Waals surface area contributed by atoms with Crippen LogP contribution in [0.25, 0.3) is 0 Å². The second-order valence-corrected chi connectivity index (χ2v) is 6.19. The van der Waals surface area contributed by atoms with Crippen molar-refractivity contribution in [1.29, 1.82) is 0 Å². The number of carbonyl (C=O) groups is 2. The first-order valence-corrected chi connectivity index (χ1v) is 8.16. The molecule has 3 N–H and O–H groups in total. The number of hydrazine groups is 1. The summed E-state index contributed by atoms with van der Waals surface area (Å²) in [6.07, 6.45) is 0.983. The molecule has 1 aromatic heterocycles. The number of amides is 2. The molecule has 2 rings (SSSR count). The Morgan fingerprint density at radius 2 is 2.12 bits per heavy atom. The van der Waals surface area contributed by atoms with Gasteiger partial charge in [0.2, 0.25) is 18.3 Å². The predicted octanol–water partition coefficient (Wildman–Crippen LogP) is 1.98. The van der Waals surface area contributed by atoms with E-state index in [-0.39, 0.29) is 13.0 Å². The number of alkyl halides is 3. The van der Waals surface area contributed by atoms with Crippen LogP contribution in [-0.4, -0.2) is 39.1 Å². The molecule has 0 bridgehead atoms. The van der Waals surface area contributed by atoms with Crippen molar-refractivity contribution in [3.8, 4) is 0 Å². The molecule has 8 nitrogen and oxygen atoms in total. The summed E-state index contributed by atoms with van der Waals surface area (Å²) in [6.45, 7) is -0.211. The highest BCUT2D eigenvalue weighted by molar-refractivity contribution is 5.80. The van der Waals surface area contributed by atoms with Crippen molar-refractivity contribution in [2.24, 2.45) is 11.8 Å². The predicted molar refractivity (Wildman–Crippen MR) is 83.4 cm³/mol. The zero-order chi connectivity index (χ0) is 19.2. The average molecular weight is 375 g/mol. The number of aromatic nitrogens is 2. The zero-order valence-electron chi connectivity index (χ0n) is 13.9. The Bertz CT molecular complexity index is 623. The third-order valence-electron chi connectivity index (χ3n) is 4.24. The van der Waals surface area contributed by atoms with Crippen molar-refractivity contribution in [2.45, 2.75) is 38.3 Å². The molecule has 1 aliphatic rings. The summed E-state index contributed by atoms with van der Waals surface area (Å²) >= 11 is 0.